The quantitative estimate of drug-likeness (QED) is 0.343. The van der Waals surface area contributed by atoms with Gasteiger partial charge in [0, 0.05) is 18.0 Å². The van der Waals surface area contributed by atoms with E-state index in [-0.39, 0.29) is 0 Å². The van der Waals surface area contributed by atoms with Gasteiger partial charge < -0.3 is 5.43 Å². The smallest absolute Gasteiger partial charge is 0.142 e. The zero-order chi connectivity index (χ0) is 11.2. The molecular weight excluding hydrogens is 200 g/mol. The maximum atomic E-state index is 5.52. The number of nitrogens with two attached hydrogens (primary N) is 1. The molecule has 1 heterocycles. The van der Waals surface area contributed by atoms with Crippen LogP contribution in [0.4, 0.5) is 0 Å². The predicted molar refractivity (Wildman–Crippen MR) is 65.0 cm³/mol. The highest BCUT2D eigenvalue weighted by Crippen LogP contribution is 2.20. The Hall–Kier alpha value is -1.42. The standard InChI is InChI=1S/C12H18N4/c13-16-12(10-6-8-14-9-7-10)15-11-4-2-1-3-5-11/h6-9,11H,1-5,13H2,(H,15,16). The van der Waals surface area contributed by atoms with Gasteiger partial charge in [0.25, 0.3) is 0 Å². The molecule has 2 rings (SSSR count). The van der Waals surface area contributed by atoms with Gasteiger partial charge in [-0.15, -0.1) is 0 Å². The van der Waals surface area contributed by atoms with Gasteiger partial charge in [0.1, 0.15) is 5.84 Å². The number of pyridine rings is 1. The minimum atomic E-state index is 0.424. The Bertz CT molecular complexity index is 341. The number of aliphatic imine (C=N–C) groups is 1. The van der Waals surface area contributed by atoms with Crippen molar-refractivity contribution in [2.24, 2.45) is 10.8 Å². The first kappa shape index (κ1) is 11.1. The maximum absolute atomic E-state index is 5.52. The third-order valence-electron chi connectivity index (χ3n) is 2.98. The molecule has 1 saturated carbocycles. The summed E-state index contributed by atoms with van der Waals surface area (Å²) in [5.74, 6) is 6.29. The minimum absolute atomic E-state index is 0.424. The molecule has 1 aromatic heterocycles. The van der Waals surface area contributed by atoms with E-state index in [0.717, 1.165) is 11.4 Å². The van der Waals surface area contributed by atoms with E-state index in [2.05, 4.69) is 15.4 Å². The number of nitrogens with zero attached hydrogens (tertiary/aromatic N) is 2. The molecule has 4 nitrogen and oxygen atoms in total. The molecule has 1 aromatic rings. The first-order valence-electron chi connectivity index (χ1n) is 5.85. The highest BCUT2D eigenvalue weighted by atomic mass is 15.3. The Morgan fingerprint density at radius 1 is 1.25 bits per heavy atom. The van der Waals surface area contributed by atoms with Crippen molar-refractivity contribution >= 4 is 5.84 Å². The lowest BCUT2D eigenvalue weighted by Crippen LogP contribution is -2.32. The third kappa shape index (κ3) is 2.79. The Morgan fingerprint density at radius 2 is 1.94 bits per heavy atom. The van der Waals surface area contributed by atoms with Crippen molar-refractivity contribution < 1.29 is 0 Å². The lowest BCUT2D eigenvalue weighted by molar-refractivity contribution is 0.442. The molecule has 3 N–H and O–H groups in total. The highest BCUT2D eigenvalue weighted by Gasteiger charge is 2.13. The molecular formula is C12H18N4. The van der Waals surface area contributed by atoms with Crippen LogP contribution in [0.2, 0.25) is 0 Å². The first-order chi connectivity index (χ1) is 7.90. The van der Waals surface area contributed by atoms with Crippen LogP contribution in [0.5, 0.6) is 0 Å². The third-order valence-corrected chi connectivity index (χ3v) is 2.98. The monoisotopic (exact) mass is 218 g/mol. The van der Waals surface area contributed by atoms with Gasteiger partial charge in [-0.2, -0.15) is 0 Å². The fourth-order valence-electron chi connectivity index (χ4n) is 2.10. The van der Waals surface area contributed by atoms with Gasteiger partial charge >= 0.3 is 0 Å². The number of aromatic nitrogens is 1. The lowest BCUT2D eigenvalue weighted by Gasteiger charge is -2.19. The number of hydrogen-bond donors (Lipinski definition) is 2. The number of nitrogens with one attached hydrogen (secondary N) is 1. The molecule has 0 amide bonds. The lowest BCUT2D eigenvalue weighted by atomic mass is 9.96. The van der Waals surface area contributed by atoms with E-state index in [4.69, 9.17) is 5.84 Å². The Morgan fingerprint density at radius 3 is 2.56 bits per heavy atom. The van der Waals surface area contributed by atoms with Crippen molar-refractivity contribution in [1.29, 1.82) is 0 Å². The molecule has 0 bridgehead atoms. The van der Waals surface area contributed by atoms with Gasteiger partial charge in [-0.05, 0) is 25.0 Å². The fraction of sp³-hybridized carbons (Fsp3) is 0.500. The fourth-order valence-corrected chi connectivity index (χ4v) is 2.10. The molecule has 0 saturated heterocycles. The molecule has 1 aliphatic rings. The second kappa shape index (κ2) is 5.61. The molecule has 0 radical (unpaired) electrons. The first-order valence-corrected chi connectivity index (χ1v) is 5.85. The molecule has 16 heavy (non-hydrogen) atoms. The number of hydrazine groups is 1. The van der Waals surface area contributed by atoms with E-state index in [1.54, 1.807) is 12.4 Å². The van der Waals surface area contributed by atoms with Gasteiger partial charge in [-0.3, -0.25) is 9.98 Å². The van der Waals surface area contributed by atoms with Crippen LogP contribution in [-0.4, -0.2) is 16.9 Å². The van der Waals surface area contributed by atoms with Crippen molar-refractivity contribution in [2.75, 3.05) is 0 Å². The molecule has 0 atom stereocenters. The summed E-state index contributed by atoms with van der Waals surface area (Å²) >= 11 is 0. The number of amidine groups is 1. The predicted octanol–water partition coefficient (Wildman–Crippen LogP) is 1.62. The minimum Gasteiger partial charge on any atom is -0.308 e. The topological polar surface area (TPSA) is 63.3 Å². The molecule has 1 aliphatic carbocycles. The van der Waals surface area contributed by atoms with E-state index in [1.165, 1.54) is 32.1 Å². The van der Waals surface area contributed by atoms with Crippen molar-refractivity contribution in [1.82, 2.24) is 10.4 Å². The summed E-state index contributed by atoms with van der Waals surface area (Å²) in [7, 11) is 0. The average molecular weight is 218 g/mol. The van der Waals surface area contributed by atoms with Crippen LogP contribution < -0.4 is 11.3 Å². The molecule has 86 valence electrons. The van der Waals surface area contributed by atoms with Crippen molar-refractivity contribution in [3.8, 4) is 0 Å². The zero-order valence-electron chi connectivity index (χ0n) is 9.39. The van der Waals surface area contributed by atoms with Gasteiger partial charge in [0.2, 0.25) is 0 Å². The highest BCUT2D eigenvalue weighted by molar-refractivity contribution is 5.98. The zero-order valence-corrected chi connectivity index (χ0v) is 9.39. The van der Waals surface area contributed by atoms with Gasteiger partial charge in [-0.25, -0.2) is 5.84 Å². The van der Waals surface area contributed by atoms with Crippen molar-refractivity contribution in [3.63, 3.8) is 0 Å². The Balaban J connectivity index is 2.12. The van der Waals surface area contributed by atoms with Crippen LogP contribution in [0.25, 0.3) is 0 Å². The second-order valence-corrected chi connectivity index (χ2v) is 4.15. The average Bonchev–Trinajstić information content (AvgIpc) is 2.38. The van der Waals surface area contributed by atoms with E-state index < -0.39 is 0 Å². The summed E-state index contributed by atoms with van der Waals surface area (Å²) in [5.41, 5.74) is 3.69. The normalized spacial score (nSPS) is 18.4. The molecule has 0 aromatic carbocycles. The number of rotatable bonds is 2. The summed E-state index contributed by atoms with van der Waals surface area (Å²) in [6.45, 7) is 0. The van der Waals surface area contributed by atoms with Crippen LogP contribution >= 0.6 is 0 Å². The number of hydrogen-bond acceptors (Lipinski definition) is 3. The summed E-state index contributed by atoms with van der Waals surface area (Å²) in [5, 5.41) is 0. The van der Waals surface area contributed by atoms with Crippen LogP contribution in [0.1, 0.15) is 37.7 Å². The maximum Gasteiger partial charge on any atom is 0.142 e. The molecule has 4 heteroatoms. The van der Waals surface area contributed by atoms with Crippen molar-refractivity contribution in [3.05, 3.63) is 30.1 Å². The van der Waals surface area contributed by atoms with E-state index >= 15 is 0 Å². The largest absolute Gasteiger partial charge is 0.308 e. The van der Waals surface area contributed by atoms with E-state index in [9.17, 15) is 0 Å². The van der Waals surface area contributed by atoms with Crippen LogP contribution in [0.15, 0.2) is 29.5 Å². The molecule has 0 aliphatic heterocycles. The summed E-state index contributed by atoms with van der Waals surface area (Å²) < 4.78 is 0. The van der Waals surface area contributed by atoms with Crippen LogP contribution in [-0.2, 0) is 0 Å². The van der Waals surface area contributed by atoms with Gasteiger partial charge in [0.15, 0.2) is 0 Å². The second-order valence-electron chi connectivity index (χ2n) is 4.15. The molecule has 0 spiro atoms. The molecule has 1 fully saturated rings. The Labute approximate surface area is 96.0 Å². The summed E-state index contributed by atoms with van der Waals surface area (Å²) in [4.78, 5) is 8.66. The van der Waals surface area contributed by atoms with Gasteiger partial charge in [0.05, 0.1) is 6.04 Å². The summed E-state index contributed by atoms with van der Waals surface area (Å²) in [6, 6.07) is 4.26. The van der Waals surface area contributed by atoms with Gasteiger partial charge in [-0.1, -0.05) is 19.3 Å². The van der Waals surface area contributed by atoms with Crippen LogP contribution in [0, 0.1) is 0 Å². The Kier molecular flexibility index (Phi) is 3.88. The summed E-state index contributed by atoms with van der Waals surface area (Å²) in [6.07, 6.45) is 9.76. The molecule has 0 unspecified atom stereocenters. The van der Waals surface area contributed by atoms with Crippen LogP contribution in [0.3, 0.4) is 0 Å². The van der Waals surface area contributed by atoms with E-state index in [0.29, 0.717) is 6.04 Å². The van der Waals surface area contributed by atoms with Crippen molar-refractivity contribution in [2.45, 2.75) is 38.1 Å². The van der Waals surface area contributed by atoms with E-state index in [1.807, 2.05) is 12.1 Å². The SMILES string of the molecule is NNC(=NC1CCCCC1)c1ccncc1.